The lowest BCUT2D eigenvalue weighted by Gasteiger charge is -2.12. The zero-order chi connectivity index (χ0) is 15.1. The van der Waals surface area contributed by atoms with Crippen LogP contribution in [0.5, 0.6) is 0 Å². The van der Waals surface area contributed by atoms with Crippen molar-refractivity contribution in [3.8, 4) is 0 Å². The van der Waals surface area contributed by atoms with Gasteiger partial charge in [0.15, 0.2) is 0 Å². The molecule has 0 saturated heterocycles. The summed E-state index contributed by atoms with van der Waals surface area (Å²) in [6.45, 7) is 0.529. The van der Waals surface area contributed by atoms with Crippen molar-refractivity contribution in [2.45, 2.75) is 31.7 Å². The van der Waals surface area contributed by atoms with Crippen LogP contribution in [0.2, 0.25) is 0 Å². The minimum Gasteiger partial charge on any atom is -0.481 e. The van der Waals surface area contributed by atoms with Gasteiger partial charge in [0, 0.05) is 6.04 Å². The number of hydrogen-bond donors (Lipinski definition) is 2. The average Bonchev–Trinajstić information content (AvgIpc) is 2.93. The first-order chi connectivity index (χ1) is 10.1. The lowest BCUT2D eigenvalue weighted by Crippen LogP contribution is -2.36. The largest absolute Gasteiger partial charge is 0.481 e. The number of hydrogen-bond acceptors (Lipinski definition) is 3. The van der Waals surface area contributed by atoms with Gasteiger partial charge < -0.3 is 15.2 Å². The Morgan fingerprint density at radius 2 is 2.00 bits per heavy atom. The molecule has 0 heterocycles. The summed E-state index contributed by atoms with van der Waals surface area (Å²) >= 11 is 0. The van der Waals surface area contributed by atoms with Crippen LogP contribution in [0.15, 0.2) is 30.3 Å². The molecule has 1 aliphatic rings. The van der Waals surface area contributed by atoms with Crippen molar-refractivity contribution in [2.24, 2.45) is 5.92 Å². The zero-order valence-corrected chi connectivity index (χ0v) is 12.0. The number of rotatable bonds is 7. The Labute approximate surface area is 124 Å². The minimum atomic E-state index is -0.772. The highest BCUT2D eigenvalue weighted by Crippen LogP contribution is 2.25. The highest BCUT2D eigenvalue weighted by atomic mass is 16.5. The number of nitrogens with one attached hydrogen (secondary N) is 1. The van der Waals surface area contributed by atoms with Gasteiger partial charge in [-0.2, -0.15) is 0 Å². The number of carbonyl (C=O) groups excluding carboxylic acids is 1. The highest BCUT2D eigenvalue weighted by Gasteiger charge is 2.30. The molecule has 1 aliphatic carbocycles. The molecule has 1 aromatic carbocycles. The van der Waals surface area contributed by atoms with Crippen molar-refractivity contribution in [2.75, 3.05) is 13.2 Å². The maximum absolute atomic E-state index is 11.7. The maximum Gasteiger partial charge on any atom is 0.306 e. The third-order valence-corrected chi connectivity index (χ3v) is 3.76. The van der Waals surface area contributed by atoms with Crippen LogP contribution < -0.4 is 5.32 Å². The molecule has 0 aromatic heterocycles. The molecule has 1 amide bonds. The molecule has 0 radical (unpaired) electrons. The number of benzene rings is 1. The quantitative estimate of drug-likeness (QED) is 0.748. The van der Waals surface area contributed by atoms with E-state index in [9.17, 15) is 9.59 Å². The molecule has 5 nitrogen and oxygen atoms in total. The van der Waals surface area contributed by atoms with E-state index < -0.39 is 5.97 Å². The van der Waals surface area contributed by atoms with Crippen LogP contribution in [0.3, 0.4) is 0 Å². The molecule has 21 heavy (non-hydrogen) atoms. The summed E-state index contributed by atoms with van der Waals surface area (Å²) in [5, 5.41) is 11.7. The van der Waals surface area contributed by atoms with Crippen LogP contribution in [0, 0.1) is 5.92 Å². The fourth-order valence-corrected chi connectivity index (χ4v) is 2.61. The van der Waals surface area contributed by atoms with Gasteiger partial charge in [0.05, 0.1) is 12.5 Å². The monoisotopic (exact) mass is 291 g/mol. The maximum atomic E-state index is 11.7. The Morgan fingerprint density at radius 1 is 1.24 bits per heavy atom. The molecule has 0 spiro atoms. The first-order valence-corrected chi connectivity index (χ1v) is 7.29. The van der Waals surface area contributed by atoms with Crippen molar-refractivity contribution in [3.05, 3.63) is 35.9 Å². The second kappa shape index (κ2) is 7.78. The van der Waals surface area contributed by atoms with Crippen LogP contribution in [-0.4, -0.2) is 36.2 Å². The second-order valence-electron chi connectivity index (χ2n) is 5.40. The average molecular weight is 291 g/mol. The molecule has 2 atom stereocenters. The first-order valence-electron chi connectivity index (χ1n) is 7.29. The molecule has 2 N–H and O–H groups in total. The Hall–Kier alpha value is -1.88. The van der Waals surface area contributed by atoms with Crippen molar-refractivity contribution >= 4 is 11.9 Å². The Balaban J connectivity index is 1.59. The van der Waals surface area contributed by atoms with Crippen LogP contribution in [0.25, 0.3) is 0 Å². The molecule has 1 fully saturated rings. The summed E-state index contributed by atoms with van der Waals surface area (Å²) in [6, 6.07) is 9.92. The molecule has 114 valence electrons. The van der Waals surface area contributed by atoms with E-state index in [1.807, 2.05) is 30.3 Å². The highest BCUT2D eigenvalue weighted by molar-refractivity contribution is 5.78. The van der Waals surface area contributed by atoms with Crippen molar-refractivity contribution in [1.29, 1.82) is 0 Å². The lowest BCUT2D eigenvalue weighted by atomic mass is 10.1. The Morgan fingerprint density at radius 3 is 2.67 bits per heavy atom. The molecule has 2 rings (SSSR count). The van der Waals surface area contributed by atoms with Crippen molar-refractivity contribution < 1.29 is 19.4 Å². The SMILES string of the molecule is O=C(COCCc1ccccc1)N[C@H]1CC[C@@H](C(=O)O)C1. The molecular weight excluding hydrogens is 270 g/mol. The van der Waals surface area contributed by atoms with E-state index >= 15 is 0 Å². The second-order valence-corrected chi connectivity index (χ2v) is 5.40. The third-order valence-electron chi connectivity index (χ3n) is 3.76. The van der Waals surface area contributed by atoms with Gasteiger partial charge in [-0.05, 0) is 31.2 Å². The van der Waals surface area contributed by atoms with Gasteiger partial charge >= 0.3 is 5.97 Å². The van der Waals surface area contributed by atoms with E-state index in [2.05, 4.69) is 5.32 Å². The van der Waals surface area contributed by atoms with E-state index in [0.29, 0.717) is 19.4 Å². The Kier molecular flexibility index (Phi) is 5.75. The molecule has 0 aliphatic heterocycles. The number of ether oxygens (including phenoxy) is 1. The minimum absolute atomic E-state index is 0.0288. The summed E-state index contributed by atoms with van der Waals surface area (Å²) in [5.74, 6) is -1.26. The third kappa shape index (κ3) is 5.19. The molecule has 0 bridgehead atoms. The number of amides is 1. The summed E-state index contributed by atoms with van der Waals surface area (Å²) in [4.78, 5) is 22.5. The number of carboxylic acid groups (broad SMARTS) is 1. The fraction of sp³-hybridized carbons (Fsp3) is 0.500. The van der Waals surface area contributed by atoms with E-state index in [1.165, 1.54) is 5.56 Å². The van der Waals surface area contributed by atoms with E-state index in [1.54, 1.807) is 0 Å². The van der Waals surface area contributed by atoms with Crippen molar-refractivity contribution in [3.63, 3.8) is 0 Å². The van der Waals surface area contributed by atoms with Gasteiger partial charge in [0.2, 0.25) is 5.91 Å². The predicted molar refractivity (Wildman–Crippen MR) is 77.9 cm³/mol. The van der Waals surface area contributed by atoms with Gasteiger partial charge in [0.1, 0.15) is 6.61 Å². The van der Waals surface area contributed by atoms with Crippen molar-refractivity contribution in [1.82, 2.24) is 5.32 Å². The van der Waals surface area contributed by atoms with Gasteiger partial charge in [0.25, 0.3) is 0 Å². The summed E-state index contributed by atoms with van der Waals surface area (Å²) in [7, 11) is 0. The van der Waals surface area contributed by atoms with Crippen LogP contribution >= 0.6 is 0 Å². The molecule has 1 aromatic rings. The number of aliphatic carboxylic acids is 1. The normalized spacial score (nSPS) is 21.1. The van der Waals surface area contributed by atoms with Gasteiger partial charge in [-0.3, -0.25) is 9.59 Å². The topological polar surface area (TPSA) is 75.6 Å². The number of carbonyl (C=O) groups is 2. The molecule has 5 heteroatoms. The van der Waals surface area contributed by atoms with Gasteiger partial charge in [-0.25, -0.2) is 0 Å². The summed E-state index contributed by atoms with van der Waals surface area (Å²) < 4.78 is 5.36. The smallest absolute Gasteiger partial charge is 0.306 e. The fourth-order valence-electron chi connectivity index (χ4n) is 2.61. The predicted octanol–water partition coefficient (Wildman–Crippen LogP) is 1.62. The molecule has 1 saturated carbocycles. The standard InChI is InChI=1S/C16H21NO4/c18-15(17-14-7-6-13(10-14)16(19)20)11-21-9-8-12-4-2-1-3-5-12/h1-5,13-14H,6-11H2,(H,17,18)(H,19,20)/t13-,14+/m1/s1. The lowest BCUT2D eigenvalue weighted by molar-refractivity contribution is -0.141. The van der Waals surface area contributed by atoms with E-state index in [4.69, 9.17) is 9.84 Å². The first kappa shape index (κ1) is 15.5. The summed E-state index contributed by atoms with van der Waals surface area (Å²) in [6.07, 6.45) is 2.66. The van der Waals surface area contributed by atoms with E-state index in [-0.39, 0.29) is 24.5 Å². The Bertz CT molecular complexity index is 474. The molecule has 0 unspecified atom stereocenters. The number of carboxylic acids is 1. The van der Waals surface area contributed by atoms with Crippen LogP contribution in [-0.2, 0) is 20.7 Å². The van der Waals surface area contributed by atoms with Crippen LogP contribution in [0.4, 0.5) is 0 Å². The zero-order valence-electron chi connectivity index (χ0n) is 12.0. The summed E-state index contributed by atoms with van der Waals surface area (Å²) in [5.41, 5.74) is 1.18. The van der Waals surface area contributed by atoms with Gasteiger partial charge in [-0.1, -0.05) is 30.3 Å². The van der Waals surface area contributed by atoms with E-state index in [0.717, 1.165) is 12.8 Å². The van der Waals surface area contributed by atoms with Crippen LogP contribution in [0.1, 0.15) is 24.8 Å². The van der Waals surface area contributed by atoms with Gasteiger partial charge in [-0.15, -0.1) is 0 Å². The molecular formula is C16H21NO4.